The normalized spacial score (nSPS) is 11.4. The van der Waals surface area contributed by atoms with Crippen molar-refractivity contribution in [2.45, 2.75) is 12.5 Å². The minimum absolute atomic E-state index is 0. The van der Waals surface area contributed by atoms with Crippen molar-refractivity contribution in [3.63, 3.8) is 0 Å². The number of nitrogens with two attached hydrogens (primary N) is 1. The van der Waals surface area contributed by atoms with Crippen molar-refractivity contribution in [2.24, 2.45) is 5.73 Å². The van der Waals surface area contributed by atoms with Crippen LogP contribution in [0.15, 0.2) is 24.3 Å². The first-order valence-corrected chi connectivity index (χ1v) is 4.69. The lowest BCUT2D eigenvalue weighted by molar-refractivity contribution is 0.0600. The number of methoxy groups -OCH3 is 1. The van der Waals surface area contributed by atoms with Gasteiger partial charge in [0.2, 0.25) is 0 Å². The van der Waals surface area contributed by atoms with E-state index >= 15 is 0 Å². The Labute approximate surface area is 100 Å². The first-order chi connectivity index (χ1) is 7.19. The van der Waals surface area contributed by atoms with Crippen molar-refractivity contribution >= 4 is 18.4 Å². The number of benzene rings is 1. The maximum absolute atomic E-state index is 12.1. The number of carbonyl (C=O) groups excluding carboxylic acids is 1. The Kier molecular flexibility index (Phi) is 6.69. The molecule has 90 valence electrons. The quantitative estimate of drug-likeness (QED) is 0.831. The van der Waals surface area contributed by atoms with Crippen LogP contribution in [0.25, 0.3) is 0 Å². The molecule has 0 aliphatic heterocycles. The molecule has 1 rings (SSSR count). The molecule has 5 heteroatoms. The number of carbonyl (C=O) groups is 1. The second kappa shape index (κ2) is 7.19. The highest BCUT2D eigenvalue weighted by atomic mass is 35.5. The third-order valence-electron chi connectivity index (χ3n) is 2.16. The Hall–Kier alpha value is -1.13. The number of hydrogen-bond donors (Lipinski definition) is 1. The summed E-state index contributed by atoms with van der Waals surface area (Å²) in [5, 5.41) is 0. The van der Waals surface area contributed by atoms with Crippen LogP contribution in [0.4, 0.5) is 4.39 Å². The van der Waals surface area contributed by atoms with Crippen LogP contribution in [-0.4, -0.2) is 19.8 Å². The Bertz CT molecular complexity index is 347. The fourth-order valence-electron chi connectivity index (χ4n) is 1.30. The van der Waals surface area contributed by atoms with Crippen molar-refractivity contribution in [3.8, 4) is 0 Å². The van der Waals surface area contributed by atoms with Crippen LogP contribution < -0.4 is 5.73 Å². The van der Waals surface area contributed by atoms with Gasteiger partial charge in [-0.25, -0.2) is 4.79 Å². The van der Waals surface area contributed by atoms with Gasteiger partial charge in [-0.3, -0.25) is 4.39 Å². The van der Waals surface area contributed by atoms with Crippen LogP contribution in [0, 0.1) is 0 Å². The standard InChI is InChI=1S/C11H14FNO2.ClH/c1-15-11(14)9-4-2-3-8(7-9)10(13)5-6-12;/h2-4,7,10H,5-6,13H2,1H3;1H/t10-;/m1./s1. The summed E-state index contributed by atoms with van der Waals surface area (Å²) in [6, 6.07) is 6.37. The van der Waals surface area contributed by atoms with E-state index in [4.69, 9.17) is 5.73 Å². The highest BCUT2D eigenvalue weighted by Crippen LogP contribution is 2.16. The van der Waals surface area contributed by atoms with Crippen LogP contribution in [0.1, 0.15) is 28.4 Å². The molecular weight excluding hydrogens is 233 g/mol. The molecule has 0 saturated carbocycles. The first kappa shape index (κ1) is 14.9. The van der Waals surface area contributed by atoms with E-state index < -0.39 is 12.6 Å². The Morgan fingerprint density at radius 1 is 1.56 bits per heavy atom. The molecule has 16 heavy (non-hydrogen) atoms. The fraction of sp³-hybridized carbons (Fsp3) is 0.364. The van der Waals surface area contributed by atoms with Gasteiger partial charge < -0.3 is 10.5 Å². The molecule has 0 saturated heterocycles. The number of alkyl halides is 1. The summed E-state index contributed by atoms with van der Waals surface area (Å²) in [7, 11) is 1.32. The highest BCUT2D eigenvalue weighted by Gasteiger charge is 2.09. The lowest BCUT2D eigenvalue weighted by Gasteiger charge is -2.10. The monoisotopic (exact) mass is 247 g/mol. The van der Waals surface area contributed by atoms with Crippen molar-refractivity contribution in [2.75, 3.05) is 13.8 Å². The number of esters is 1. The van der Waals surface area contributed by atoms with E-state index in [2.05, 4.69) is 4.74 Å². The largest absolute Gasteiger partial charge is 0.465 e. The third-order valence-corrected chi connectivity index (χ3v) is 2.16. The second-order valence-corrected chi connectivity index (χ2v) is 3.20. The molecule has 0 radical (unpaired) electrons. The van der Waals surface area contributed by atoms with Gasteiger partial charge >= 0.3 is 5.97 Å². The molecule has 0 heterocycles. The molecule has 0 aliphatic carbocycles. The Morgan fingerprint density at radius 3 is 2.81 bits per heavy atom. The van der Waals surface area contributed by atoms with E-state index in [-0.39, 0.29) is 24.9 Å². The summed E-state index contributed by atoms with van der Waals surface area (Å²) in [5.41, 5.74) is 6.90. The smallest absolute Gasteiger partial charge is 0.337 e. The van der Waals surface area contributed by atoms with Gasteiger partial charge in [-0.2, -0.15) is 0 Å². The van der Waals surface area contributed by atoms with E-state index in [1.54, 1.807) is 24.3 Å². The van der Waals surface area contributed by atoms with Crippen molar-refractivity contribution in [3.05, 3.63) is 35.4 Å². The number of halogens is 2. The molecule has 0 amide bonds. The van der Waals surface area contributed by atoms with Gasteiger partial charge in [0.05, 0.1) is 19.3 Å². The zero-order valence-corrected chi connectivity index (χ0v) is 9.80. The van der Waals surface area contributed by atoms with Gasteiger partial charge in [-0.1, -0.05) is 12.1 Å². The van der Waals surface area contributed by atoms with E-state index in [1.165, 1.54) is 7.11 Å². The lowest BCUT2D eigenvalue weighted by atomic mass is 10.0. The molecular formula is C11H15ClFNO2. The second-order valence-electron chi connectivity index (χ2n) is 3.20. The van der Waals surface area contributed by atoms with Gasteiger partial charge in [-0.15, -0.1) is 12.4 Å². The maximum Gasteiger partial charge on any atom is 0.337 e. The number of rotatable bonds is 4. The molecule has 2 N–H and O–H groups in total. The number of hydrogen-bond acceptors (Lipinski definition) is 3. The van der Waals surface area contributed by atoms with Crippen LogP contribution in [0.2, 0.25) is 0 Å². The predicted molar refractivity (Wildman–Crippen MR) is 62.5 cm³/mol. The Balaban J connectivity index is 0.00000225. The molecule has 0 aromatic heterocycles. The highest BCUT2D eigenvalue weighted by molar-refractivity contribution is 5.89. The van der Waals surface area contributed by atoms with Crippen LogP contribution >= 0.6 is 12.4 Å². The van der Waals surface area contributed by atoms with Crippen LogP contribution in [0.5, 0.6) is 0 Å². The molecule has 0 aliphatic rings. The van der Waals surface area contributed by atoms with Crippen molar-refractivity contribution in [1.29, 1.82) is 0 Å². The van der Waals surface area contributed by atoms with Crippen LogP contribution in [0.3, 0.4) is 0 Å². The summed E-state index contributed by atoms with van der Waals surface area (Å²) in [6.45, 7) is -0.469. The van der Waals surface area contributed by atoms with E-state index in [0.717, 1.165) is 5.56 Å². The Morgan fingerprint density at radius 2 is 2.25 bits per heavy atom. The van der Waals surface area contributed by atoms with Gasteiger partial charge in [0.25, 0.3) is 0 Å². The molecule has 1 atom stereocenters. The SMILES string of the molecule is COC(=O)c1cccc([C@H](N)CCF)c1.Cl. The minimum Gasteiger partial charge on any atom is -0.465 e. The average Bonchev–Trinajstić information content (AvgIpc) is 2.28. The minimum atomic E-state index is -0.469. The summed E-state index contributed by atoms with van der Waals surface area (Å²) < 4.78 is 16.7. The average molecular weight is 248 g/mol. The van der Waals surface area contributed by atoms with E-state index in [9.17, 15) is 9.18 Å². The topological polar surface area (TPSA) is 52.3 Å². The van der Waals surface area contributed by atoms with Crippen molar-refractivity contribution in [1.82, 2.24) is 0 Å². The maximum atomic E-state index is 12.1. The summed E-state index contributed by atoms with van der Waals surface area (Å²) in [4.78, 5) is 11.2. The third kappa shape index (κ3) is 3.79. The first-order valence-electron chi connectivity index (χ1n) is 4.69. The van der Waals surface area contributed by atoms with E-state index in [0.29, 0.717) is 5.56 Å². The zero-order valence-electron chi connectivity index (χ0n) is 8.98. The summed E-state index contributed by atoms with van der Waals surface area (Å²) in [5.74, 6) is -0.413. The molecule has 0 fully saturated rings. The summed E-state index contributed by atoms with van der Waals surface area (Å²) >= 11 is 0. The molecule has 0 bridgehead atoms. The lowest BCUT2D eigenvalue weighted by Crippen LogP contribution is -2.12. The van der Waals surface area contributed by atoms with Crippen molar-refractivity contribution < 1.29 is 13.9 Å². The van der Waals surface area contributed by atoms with Gasteiger partial charge in [0.1, 0.15) is 0 Å². The fourth-order valence-corrected chi connectivity index (χ4v) is 1.30. The van der Waals surface area contributed by atoms with Crippen LogP contribution in [-0.2, 0) is 4.74 Å². The van der Waals surface area contributed by atoms with Gasteiger partial charge in [0, 0.05) is 6.04 Å². The zero-order chi connectivity index (χ0) is 11.3. The molecule has 0 spiro atoms. The van der Waals surface area contributed by atoms with Gasteiger partial charge in [0.15, 0.2) is 0 Å². The van der Waals surface area contributed by atoms with E-state index in [1.807, 2.05) is 0 Å². The molecule has 0 unspecified atom stereocenters. The molecule has 1 aromatic rings. The number of ether oxygens (including phenoxy) is 1. The van der Waals surface area contributed by atoms with Gasteiger partial charge in [-0.05, 0) is 24.1 Å². The molecule has 3 nitrogen and oxygen atoms in total. The molecule has 1 aromatic carbocycles. The summed E-state index contributed by atoms with van der Waals surface area (Å²) in [6.07, 6.45) is 0.255. The predicted octanol–water partition coefficient (Wildman–Crippen LogP) is 2.25.